The Hall–Kier alpha value is -1.70. The van der Waals surface area contributed by atoms with Gasteiger partial charge in [0, 0.05) is 19.5 Å². The number of rotatable bonds is 6. The lowest BCUT2D eigenvalue weighted by atomic mass is 9.92. The fraction of sp³-hybridized carbons (Fsp3) is 0.476. The molecule has 28 heavy (non-hydrogen) atoms. The van der Waals surface area contributed by atoms with Gasteiger partial charge in [-0.3, -0.25) is 4.79 Å². The van der Waals surface area contributed by atoms with Crippen molar-refractivity contribution in [3.05, 3.63) is 51.7 Å². The van der Waals surface area contributed by atoms with Gasteiger partial charge < -0.3 is 4.90 Å². The average Bonchev–Trinajstić information content (AvgIpc) is 3.38. The van der Waals surface area contributed by atoms with Gasteiger partial charge in [0.25, 0.3) is 0 Å². The molecule has 1 aromatic carbocycles. The largest absolute Gasteiger partial charge is 0.336 e. The van der Waals surface area contributed by atoms with Gasteiger partial charge in [0.1, 0.15) is 0 Å². The first-order valence-corrected chi connectivity index (χ1v) is 12.4. The van der Waals surface area contributed by atoms with Crippen LogP contribution < -0.4 is 4.72 Å². The molecule has 0 bridgehead atoms. The fourth-order valence-corrected chi connectivity index (χ4v) is 6.06. The molecule has 1 atom stereocenters. The number of nitrogens with one attached hydrogen (secondary N) is 1. The molecule has 1 amide bonds. The molecule has 7 heteroatoms. The second kappa shape index (κ2) is 8.35. The molecule has 4 rings (SSSR count). The molecule has 0 radical (unpaired) electrons. The summed E-state index contributed by atoms with van der Waals surface area (Å²) in [5, 5.41) is 4.12. The number of hydrogen-bond acceptors (Lipinski definition) is 4. The Balaban J connectivity index is 1.36. The number of benzene rings is 1. The lowest BCUT2D eigenvalue weighted by molar-refractivity contribution is -0.131. The first-order chi connectivity index (χ1) is 13.5. The van der Waals surface area contributed by atoms with E-state index in [1.54, 1.807) is 23.5 Å². The smallest absolute Gasteiger partial charge is 0.240 e. The van der Waals surface area contributed by atoms with Crippen molar-refractivity contribution in [2.75, 3.05) is 13.1 Å². The summed E-state index contributed by atoms with van der Waals surface area (Å²) in [6.07, 6.45) is 6.40. The number of aryl methyl sites for hydroxylation is 2. The molecule has 1 N–H and O–H groups in total. The van der Waals surface area contributed by atoms with Gasteiger partial charge in [-0.05, 0) is 84.2 Å². The highest BCUT2D eigenvalue weighted by Gasteiger charge is 2.30. The van der Waals surface area contributed by atoms with Crippen molar-refractivity contribution < 1.29 is 13.2 Å². The molecule has 1 aromatic heterocycles. The maximum absolute atomic E-state index is 12.7. The number of fused-ring (bicyclic) bond motifs is 1. The van der Waals surface area contributed by atoms with Gasteiger partial charge in [-0.15, -0.1) is 0 Å². The van der Waals surface area contributed by atoms with E-state index in [4.69, 9.17) is 0 Å². The Morgan fingerprint density at radius 1 is 1.14 bits per heavy atom. The van der Waals surface area contributed by atoms with Gasteiger partial charge in [0.15, 0.2) is 0 Å². The molecule has 1 unspecified atom stereocenters. The Bertz CT molecular complexity index is 939. The summed E-state index contributed by atoms with van der Waals surface area (Å²) >= 11 is 1.64. The van der Waals surface area contributed by atoms with E-state index >= 15 is 0 Å². The van der Waals surface area contributed by atoms with E-state index in [-0.39, 0.29) is 24.9 Å². The average molecular weight is 419 g/mol. The Labute approximate surface area is 170 Å². The fourth-order valence-electron chi connectivity index (χ4n) is 4.27. The molecule has 2 aliphatic rings. The second-order valence-corrected chi connectivity index (χ2v) is 10.1. The Morgan fingerprint density at radius 2 is 1.96 bits per heavy atom. The molecule has 5 nitrogen and oxygen atoms in total. The standard InChI is InChI=1S/C21H26N2O3S2/c24-21(23-12-3-6-20(23)18-10-13-27-15-18)9-11-22-28(25,26)19-8-7-16-4-1-2-5-17(16)14-19/h7-8,10,13-15,20,22H,1-6,9,11-12H2. The van der Waals surface area contributed by atoms with Crippen molar-refractivity contribution in [2.45, 2.75) is 55.9 Å². The summed E-state index contributed by atoms with van der Waals surface area (Å²) in [5.74, 6) is 0.0156. The molecule has 1 aliphatic heterocycles. The van der Waals surface area contributed by atoms with Crippen LogP contribution in [-0.4, -0.2) is 32.3 Å². The molecular weight excluding hydrogens is 392 g/mol. The van der Waals surface area contributed by atoms with E-state index in [1.165, 1.54) is 17.5 Å². The van der Waals surface area contributed by atoms with Gasteiger partial charge >= 0.3 is 0 Å². The first kappa shape index (κ1) is 19.6. The molecule has 0 spiro atoms. The SMILES string of the molecule is O=C(CCNS(=O)(=O)c1ccc2c(c1)CCCC2)N1CCCC1c1ccsc1. The molecule has 1 fully saturated rings. The minimum Gasteiger partial charge on any atom is -0.336 e. The summed E-state index contributed by atoms with van der Waals surface area (Å²) in [6.45, 7) is 0.877. The summed E-state index contributed by atoms with van der Waals surface area (Å²) in [7, 11) is -3.59. The van der Waals surface area contributed by atoms with Crippen molar-refractivity contribution in [1.82, 2.24) is 9.62 Å². The predicted octanol–water partition coefficient (Wildman–Crippen LogP) is 3.66. The number of likely N-dealkylation sites (tertiary alicyclic amines) is 1. The number of thiophene rings is 1. The van der Waals surface area contributed by atoms with Crippen LogP contribution in [0.1, 0.15) is 54.8 Å². The Kier molecular flexibility index (Phi) is 5.85. The van der Waals surface area contributed by atoms with Crippen LogP contribution in [0.5, 0.6) is 0 Å². The van der Waals surface area contributed by atoms with E-state index in [0.717, 1.165) is 44.2 Å². The van der Waals surface area contributed by atoms with Crippen LogP contribution in [0.15, 0.2) is 39.9 Å². The highest BCUT2D eigenvalue weighted by molar-refractivity contribution is 7.89. The maximum atomic E-state index is 12.7. The summed E-state index contributed by atoms with van der Waals surface area (Å²) < 4.78 is 27.9. The minimum absolute atomic E-state index is 0.0156. The van der Waals surface area contributed by atoms with Crippen molar-refractivity contribution in [3.63, 3.8) is 0 Å². The van der Waals surface area contributed by atoms with Crippen LogP contribution in [0.3, 0.4) is 0 Å². The molecule has 1 aliphatic carbocycles. The van der Waals surface area contributed by atoms with E-state index in [2.05, 4.69) is 16.2 Å². The third kappa shape index (κ3) is 4.16. The number of hydrogen-bond donors (Lipinski definition) is 1. The van der Waals surface area contributed by atoms with Gasteiger partial charge in [0.05, 0.1) is 10.9 Å². The number of sulfonamides is 1. The summed E-state index contributed by atoms with van der Waals surface area (Å²) in [6, 6.07) is 7.62. The van der Waals surface area contributed by atoms with Gasteiger partial charge in [-0.25, -0.2) is 13.1 Å². The van der Waals surface area contributed by atoms with Crippen molar-refractivity contribution in [3.8, 4) is 0 Å². The highest BCUT2D eigenvalue weighted by atomic mass is 32.2. The third-order valence-corrected chi connectivity index (χ3v) is 7.92. The van der Waals surface area contributed by atoms with Gasteiger partial charge in [-0.1, -0.05) is 6.07 Å². The van der Waals surface area contributed by atoms with Crippen molar-refractivity contribution in [2.24, 2.45) is 0 Å². The highest BCUT2D eigenvalue weighted by Crippen LogP contribution is 2.33. The normalized spacial score (nSPS) is 19.6. The van der Waals surface area contributed by atoms with Crippen LogP contribution in [0.2, 0.25) is 0 Å². The van der Waals surface area contributed by atoms with Crippen molar-refractivity contribution >= 4 is 27.3 Å². The number of carbonyl (C=O) groups is 1. The van der Waals surface area contributed by atoms with Crippen LogP contribution in [0.4, 0.5) is 0 Å². The summed E-state index contributed by atoms with van der Waals surface area (Å²) in [4.78, 5) is 14.9. The molecule has 1 saturated heterocycles. The quantitative estimate of drug-likeness (QED) is 0.779. The van der Waals surface area contributed by atoms with E-state index in [9.17, 15) is 13.2 Å². The second-order valence-electron chi connectivity index (χ2n) is 7.59. The lowest BCUT2D eigenvalue weighted by Crippen LogP contribution is -2.34. The van der Waals surface area contributed by atoms with Crippen LogP contribution >= 0.6 is 11.3 Å². The van der Waals surface area contributed by atoms with E-state index in [1.807, 2.05) is 16.3 Å². The van der Waals surface area contributed by atoms with Gasteiger partial charge in [0.2, 0.25) is 15.9 Å². The number of amides is 1. The van der Waals surface area contributed by atoms with Crippen LogP contribution in [-0.2, 0) is 27.7 Å². The molecule has 0 saturated carbocycles. The zero-order valence-corrected chi connectivity index (χ0v) is 17.5. The maximum Gasteiger partial charge on any atom is 0.240 e. The lowest BCUT2D eigenvalue weighted by Gasteiger charge is -2.24. The summed E-state index contributed by atoms with van der Waals surface area (Å²) in [5.41, 5.74) is 3.58. The molecule has 150 valence electrons. The van der Waals surface area contributed by atoms with Crippen LogP contribution in [0, 0.1) is 0 Å². The topological polar surface area (TPSA) is 66.5 Å². The van der Waals surface area contributed by atoms with Gasteiger partial charge in [-0.2, -0.15) is 11.3 Å². The number of nitrogens with zero attached hydrogens (tertiary/aromatic N) is 1. The van der Waals surface area contributed by atoms with Crippen molar-refractivity contribution in [1.29, 1.82) is 0 Å². The molecule has 2 aromatic rings. The molecule has 2 heterocycles. The minimum atomic E-state index is -3.59. The first-order valence-electron chi connectivity index (χ1n) is 9.97. The predicted molar refractivity (Wildman–Crippen MR) is 111 cm³/mol. The van der Waals surface area contributed by atoms with Crippen LogP contribution in [0.25, 0.3) is 0 Å². The Morgan fingerprint density at radius 3 is 2.75 bits per heavy atom. The van der Waals surface area contributed by atoms with E-state index < -0.39 is 10.0 Å². The zero-order chi connectivity index (χ0) is 19.6. The third-order valence-electron chi connectivity index (χ3n) is 5.76. The monoisotopic (exact) mass is 418 g/mol. The van der Waals surface area contributed by atoms with E-state index in [0.29, 0.717) is 4.90 Å². The number of carbonyl (C=O) groups excluding carboxylic acids is 1. The molecular formula is C21H26N2O3S2. The zero-order valence-electron chi connectivity index (χ0n) is 15.9.